The van der Waals surface area contributed by atoms with E-state index in [2.05, 4.69) is 41.0 Å². The van der Waals surface area contributed by atoms with Gasteiger partial charge in [0.2, 0.25) is 0 Å². The van der Waals surface area contributed by atoms with Crippen molar-refractivity contribution in [2.75, 3.05) is 0 Å². The minimum Gasteiger partial charge on any atom is -0.384 e. The van der Waals surface area contributed by atoms with E-state index in [-0.39, 0.29) is 7.43 Å². The van der Waals surface area contributed by atoms with Gasteiger partial charge in [-0.25, -0.2) is 4.98 Å². The Labute approximate surface area is 146 Å². The monoisotopic (exact) mass is 328 g/mol. The van der Waals surface area contributed by atoms with E-state index in [0.29, 0.717) is 11.9 Å². The molecule has 0 bridgehead atoms. The Morgan fingerprint density at radius 3 is 2.62 bits per heavy atom. The van der Waals surface area contributed by atoms with Crippen LogP contribution < -0.4 is 5.73 Å². The third-order valence-corrected chi connectivity index (χ3v) is 3.98. The number of nitrogens with one attached hydrogen (secondary N) is 1. The lowest BCUT2D eigenvalue weighted by Crippen LogP contribution is -2.16. The van der Waals surface area contributed by atoms with Crippen LogP contribution in [-0.2, 0) is 0 Å². The first-order valence-electron chi connectivity index (χ1n) is 8.46. The summed E-state index contributed by atoms with van der Waals surface area (Å²) < 4.78 is 0. The highest BCUT2D eigenvalue weighted by molar-refractivity contribution is 5.94. The minimum atomic E-state index is 0. The highest BCUT2D eigenvalue weighted by atomic mass is 14.9. The van der Waals surface area contributed by atoms with Crippen LogP contribution in [0.2, 0.25) is 0 Å². The Balaban J connectivity index is 0.00000288. The molecule has 1 aromatic heterocycles. The SMILES string of the molecule is C.C/C=C(\C=C(C)C)c1cnc(/C=C\C(N)=NC2CCCCC2)[nH]1. The van der Waals surface area contributed by atoms with E-state index in [1.54, 1.807) is 0 Å². The second-order valence-electron chi connectivity index (χ2n) is 6.33. The Kier molecular flexibility index (Phi) is 8.24. The molecular weight excluding hydrogens is 296 g/mol. The third kappa shape index (κ3) is 6.19. The van der Waals surface area contributed by atoms with Crippen LogP contribution in [0.15, 0.2) is 35.0 Å². The Morgan fingerprint density at radius 1 is 1.29 bits per heavy atom. The van der Waals surface area contributed by atoms with Gasteiger partial charge >= 0.3 is 0 Å². The number of aromatic nitrogens is 2. The first kappa shape index (κ1) is 19.9. The molecule has 4 nitrogen and oxygen atoms in total. The van der Waals surface area contributed by atoms with Crippen LogP contribution in [0.25, 0.3) is 11.6 Å². The molecule has 24 heavy (non-hydrogen) atoms. The van der Waals surface area contributed by atoms with Gasteiger partial charge in [-0.2, -0.15) is 0 Å². The van der Waals surface area contributed by atoms with Crippen LogP contribution in [0, 0.1) is 0 Å². The highest BCUT2D eigenvalue weighted by Gasteiger charge is 2.11. The average Bonchev–Trinajstić information content (AvgIpc) is 3.00. The van der Waals surface area contributed by atoms with Crippen LogP contribution in [-0.4, -0.2) is 21.8 Å². The standard InChI is InChI=1S/C19H28N4.CH4/c1-4-15(12-14(2)3)17-13-21-19(23-17)11-10-18(20)22-16-8-6-5-7-9-16;/h4,10-13,16H,5-9H2,1-3H3,(H2,20,22)(H,21,23);1H4/b11-10-,15-4+;. The van der Waals surface area contributed by atoms with Gasteiger partial charge < -0.3 is 10.7 Å². The Hall–Kier alpha value is -2.10. The van der Waals surface area contributed by atoms with E-state index < -0.39 is 0 Å². The molecular formula is C20H32N4. The summed E-state index contributed by atoms with van der Waals surface area (Å²) >= 11 is 0. The van der Waals surface area contributed by atoms with Crippen molar-refractivity contribution in [2.45, 2.75) is 66.3 Å². The summed E-state index contributed by atoms with van der Waals surface area (Å²) in [7, 11) is 0. The van der Waals surface area contributed by atoms with Crippen LogP contribution in [0.5, 0.6) is 0 Å². The van der Waals surface area contributed by atoms with Crippen molar-refractivity contribution >= 4 is 17.5 Å². The number of H-pyrrole nitrogens is 1. The van der Waals surface area contributed by atoms with E-state index >= 15 is 0 Å². The van der Waals surface area contributed by atoms with E-state index in [9.17, 15) is 0 Å². The van der Waals surface area contributed by atoms with Gasteiger partial charge in [0.25, 0.3) is 0 Å². The molecule has 0 unspecified atom stereocenters. The molecule has 0 saturated heterocycles. The zero-order chi connectivity index (χ0) is 16.7. The summed E-state index contributed by atoms with van der Waals surface area (Å²) in [6.07, 6.45) is 16.0. The van der Waals surface area contributed by atoms with Gasteiger partial charge in [-0.3, -0.25) is 4.99 Å². The molecule has 1 aromatic rings. The molecule has 1 heterocycles. The zero-order valence-corrected chi connectivity index (χ0v) is 14.5. The molecule has 0 atom stereocenters. The number of hydrogen-bond acceptors (Lipinski definition) is 2. The summed E-state index contributed by atoms with van der Waals surface area (Å²) in [5.74, 6) is 1.38. The fraction of sp³-hybridized carbons (Fsp3) is 0.500. The van der Waals surface area contributed by atoms with Crippen molar-refractivity contribution in [1.29, 1.82) is 0 Å². The van der Waals surface area contributed by atoms with Gasteiger partial charge in [0.05, 0.1) is 17.9 Å². The zero-order valence-electron chi connectivity index (χ0n) is 14.5. The molecule has 0 radical (unpaired) electrons. The first-order valence-corrected chi connectivity index (χ1v) is 8.46. The highest BCUT2D eigenvalue weighted by Crippen LogP contribution is 2.20. The summed E-state index contributed by atoms with van der Waals surface area (Å²) in [5, 5.41) is 0. The fourth-order valence-corrected chi connectivity index (χ4v) is 2.82. The van der Waals surface area contributed by atoms with Crippen molar-refractivity contribution < 1.29 is 0 Å². The quantitative estimate of drug-likeness (QED) is 0.447. The molecule has 3 N–H and O–H groups in total. The first-order chi connectivity index (χ1) is 11.1. The van der Waals surface area contributed by atoms with Gasteiger partial charge in [-0.15, -0.1) is 0 Å². The molecule has 1 aliphatic rings. The number of nitrogens with zero attached hydrogens (tertiary/aromatic N) is 2. The van der Waals surface area contributed by atoms with Crippen molar-refractivity contribution in [2.24, 2.45) is 10.7 Å². The lowest BCUT2D eigenvalue weighted by atomic mass is 9.96. The molecule has 1 saturated carbocycles. The molecule has 0 spiro atoms. The van der Waals surface area contributed by atoms with Crippen molar-refractivity contribution in [1.82, 2.24) is 9.97 Å². The molecule has 0 aromatic carbocycles. The lowest BCUT2D eigenvalue weighted by molar-refractivity contribution is 0.443. The normalized spacial score (nSPS) is 17.0. The maximum absolute atomic E-state index is 6.01. The predicted molar refractivity (Wildman–Crippen MR) is 106 cm³/mol. The van der Waals surface area contributed by atoms with Crippen LogP contribution in [0.3, 0.4) is 0 Å². The van der Waals surface area contributed by atoms with Gasteiger partial charge in [-0.05, 0) is 51.3 Å². The average molecular weight is 329 g/mol. The summed E-state index contributed by atoms with van der Waals surface area (Å²) in [6, 6.07) is 0.396. The number of allylic oxidation sites excluding steroid dienone is 4. The number of nitrogens with two attached hydrogens (primary N) is 1. The van der Waals surface area contributed by atoms with E-state index in [4.69, 9.17) is 5.73 Å². The summed E-state index contributed by atoms with van der Waals surface area (Å²) in [5.41, 5.74) is 9.42. The van der Waals surface area contributed by atoms with Crippen molar-refractivity contribution in [3.05, 3.63) is 41.5 Å². The lowest BCUT2D eigenvalue weighted by Gasteiger charge is -2.17. The van der Waals surface area contributed by atoms with Crippen LogP contribution in [0.4, 0.5) is 0 Å². The van der Waals surface area contributed by atoms with Gasteiger partial charge in [0, 0.05) is 0 Å². The van der Waals surface area contributed by atoms with E-state index in [1.165, 1.54) is 24.8 Å². The predicted octanol–water partition coefficient (Wildman–Crippen LogP) is 5.12. The maximum atomic E-state index is 6.01. The smallest absolute Gasteiger partial charge is 0.130 e. The molecule has 1 fully saturated rings. The fourth-order valence-electron chi connectivity index (χ4n) is 2.82. The van der Waals surface area contributed by atoms with Crippen molar-refractivity contribution in [3.63, 3.8) is 0 Å². The number of aliphatic imine (C=N–C) groups is 1. The molecule has 1 aliphatic carbocycles. The number of amidine groups is 1. The minimum absolute atomic E-state index is 0. The molecule has 132 valence electrons. The Morgan fingerprint density at radius 2 is 2.00 bits per heavy atom. The number of hydrogen-bond donors (Lipinski definition) is 2. The van der Waals surface area contributed by atoms with Gasteiger partial charge in [-0.1, -0.05) is 44.4 Å². The molecule has 2 rings (SSSR count). The maximum Gasteiger partial charge on any atom is 0.130 e. The van der Waals surface area contributed by atoms with E-state index in [0.717, 1.165) is 29.9 Å². The van der Waals surface area contributed by atoms with Crippen molar-refractivity contribution in [3.8, 4) is 0 Å². The summed E-state index contributed by atoms with van der Waals surface area (Å²) in [4.78, 5) is 12.3. The molecule has 4 heteroatoms. The van der Waals surface area contributed by atoms with Crippen LogP contribution >= 0.6 is 0 Å². The van der Waals surface area contributed by atoms with Crippen LogP contribution in [0.1, 0.15) is 71.8 Å². The van der Waals surface area contributed by atoms with E-state index in [1.807, 2.05) is 25.3 Å². The largest absolute Gasteiger partial charge is 0.384 e. The number of rotatable bonds is 5. The summed E-state index contributed by atoms with van der Waals surface area (Å²) in [6.45, 7) is 6.20. The molecule has 0 amide bonds. The van der Waals surface area contributed by atoms with Gasteiger partial charge in [0.1, 0.15) is 11.7 Å². The molecule has 0 aliphatic heterocycles. The number of imidazole rings is 1. The second kappa shape index (κ2) is 9.91. The number of aromatic amines is 1. The Bertz CT molecular complexity index is 622. The van der Waals surface area contributed by atoms with Gasteiger partial charge in [0.15, 0.2) is 0 Å². The third-order valence-electron chi connectivity index (χ3n) is 3.98. The second-order valence-corrected chi connectivity index (χ2v) is 6.33. The topological polar surface area (TPSA) is 67.1 Å².